The van der Waals surface area contributed by atoms with E-state index in [9.17, 15) is 0 Å². The number of halogens is 2. The van der Waals surface area contributed by atoms with Crippen molar-refractivity contribution < 1.29 is 0 Å². The van der Waals surface area contributed by atoms with Crippen LogP contribution in [0.15, 0.2) is 30.5 Å². The number of aryl methyl sites for hydroxylation is 1. The second-order valence-electron chi connectivity index (χ2n) is 3.20. The molecule has 2 rings (SSSR count). The topological polar surface area (TPSA) is 25.8 Å². The number of aromatic nitrogens is 2. The second kappa shape index (κ2) is 4.17. The van der Waals surface area contributed by atoms with Crippen LogP contribution in [0.3, 0.4) is 0 Å². The second-order valence-corrected chi connectivity index (χ2v) is 3.96. The molecular weight excluding hydrogens is 231 g/mol. The van der Waals surface area contributed by atoms with Crippen LogP contribution < -0.4 is 0 Å². The monoisotopic (exact) mass is 238 g/mol. The van der Waals surface area contributed by atoms with Gasteiger partial charge in [0.15, 0.2) is 11.0 Å². The maximum Gasteiger partial charge on any atom is 0.160 e. The predicted molar refractivity (Wildman–Crippen MR) is 62.2 cm³/mol. The summed E-state index contributed by atoms with van der Waals surface area (Å²) >= 11 is 11.5. The average molecular weight is 239 g/mol. The maximum atomic E-state index is 5.81. The van der Waals surface area contributed by atoms with Crippen molar-refractivity contribution in [3.05, 3.63) is 46.2 Å². The van der Waals surface area contributed by atoms with Crippen LogP contribution in [0, 0.1) is 6.92 Å². The first-order valence-corrected chi connectivity index (χ1v) is 5.17. The molecule has 2 nitrogen and oxygen atoms in total. The van der Waals surface area contributed by atoms with Crippen molar-refractivity contribution in [2.75, 3.05) is 0 Å². The van der Waals surface area contributed by atoms with Gasteiger partial charge in [-0.25, -0.2) is 9.97 Å². The summed E-state index contributed by atoms with van der Waals surface area (Å²) in [6, 6.07) is 7.91. The van der Waals surface area contributed by atoms with E-state index in [0.29, 0.717) is 10.8 Å². The summed E-state index contributed by atoms with van der Waals surface area (Å²) in [5, 5.41) is 0.648. The normalized spacial score (nSPS) is 10.3. The summed E-state index contributed by atoms with van der Waals surface area (Å²) in [6.07, 6.45) is 1.51. The molecule has 0 amide bonds. The first-order chi connectivity index (χ1) is 7.16. The number of benzene rings is 1. The lowest BCUT2D eigenvalue weighted by Crippen LogP contribution is -1.89. The summed E-state index contributed by atoms with van der Waals surface area (Å²) in [4.78, 5) is 8.21. The van der Waals surface area contributed by atoms with Gasteiger partial charge in [-0.05, 0) is 6.92 Å². The quantitative estimate of drug-likeness (QED) is 0.708. The Kier molecular flexibility index (Phi) is 2.89. The molecule has 0 saturated heterocycles. The minimum atomic E-state index is 0.280. The largest absolute Gasteiger partial charge is 0.235 e. The van der Waals surface area contributed by atoms with E-state index in [2.05, 4.69) is 9.97 Å². The van der Waals surface area contributed by atoms with Crippen molar-refractivity contribution in [2.45, 2.75) is 6.92 Å². The van der Waals surface area contributed by atoms with Gasteiger partial charge in [0, 0.05) is 5.56 Å². The Hall–Kier alpha value is -1.12. The minimum absolute atomic E-state index is 0.280. The van der Waals surface area contributed by atoms with Gasteiger partial charge in [0.05, 0.1) is 11.2 Å². The third-order valence-corrected chi connectivity index (χ3v) is 2.67. The van der Waals surface area contributed by atoms with Gasteiger partial charge in [0.25, 0.3) is 0 Å². The molecule has 2 aromatic rings. The molecule has 1 aromatic carbocycles. The fourth-order valence-corrected chi connectivity index (χ4v) is 1.41. The lowest BCUT2D eigenvalue weighted by Gasteiger charge is -2.01. The number of nitrogens with zero attached hydrogens (tertiary/aromatic N) is 2. The maximum absolute atomic E-state index is 5.81. The average Bonchev–Trinajstić information content (AvgIpc) is 2.23. The molecule has 15 heavy (non-hydrogen) atoms. The Morgan fingerprint density at radius 3 is 2.33 bits per heavy atom. The third-order valence-electron chi connectivity index (χ3n) is 2.01. The van der Waals surface area contributed by atoms with E-state index in [1.165, 1.54) is 11.8 Å². The van der Waals surface area contributed by atoms with Crippen molar-refractivity contribution in [1.82, 2.24) is 9.97 Å². The molecule has 0 bridgehead atoms. The molecule has 0 atom stereocenters. The highest BCUT2D eigenvalue weighted by atomic mass is 35.5. The van der Waals surface area contributed by atoms with Gasteiger partial charge in [-0.15, -0.1) is 0 Å². The summed E-state index contributed by atoms with van der Waals surface area (Å²) in [7, 11) is 0. The summed E-state index contributed by atoms with van der Waals surface area (Å²) in [5.74, 6) is 0.587. The van der Waals surface area contributed by atoms with Gasteiger partial charge in [0.1, 0.15) is 0 Å². The fourth-order valence-electron chi connectivity index (χ4n) is 1.19. The predicted octanol–water partition coefficient (Wildman–Crippen LogP) is 3.76. The van der Waals surface area contributed by atoms with Crippen LogP contribution in [-0.2, 0) is 0 Å². The Balaban J connectivity index is 2.45. The van der Waals surface area contributed by atoms with E-state index in [4.69, 9.17) is 23.2 Å². The standard InChI is InChI=1S/C11H8Cl2N2/c1-7-2-4-8(5-3-7)11-14-6-9(12)10(13)15-11/h2-6H,1H3. The third kappa shape index (κ3) is 2.28. The number of hydrogen-bond donors (Lipinski definition) is 0. The van der Waals surface area contributed by atoms with Crippen LogP contribution in [0.25, 0.3) is 11.4 Å². The molecule has 0 fully saturated rings. The van der Waals surface area contributed by atoms with Gasteiger partial charge in [-0.1, -0.05) is 53.0 Å². The van der Waals surface area contributed by atoms with Crippen molar-refractivity contribution >= 4 is 23.2 Å². The Morgan fingerprint density at radius 1 is 1.07 bits per heavy atom. The first kappa shape index (κ1) is 10.4. The highest BCUT2D eigenvalue weighted by molar-refractivity contribution is 6.41. The van der Waals surface area contributed by atoms with Crippen LogP contribution in [0.2, 0.25) is 10.2 Å². The summed E-state index contributed by atoms with van der Waals surface area (Å²) in [5.41, 5.74) is 2.12. The first-order valence-electron chi connectivity index (χ1n) is 4.42. The van der Waals surface area contributed by atoms with Gasteiger partial charge < -0.3 is 0 Å². The molecule has 0 saturated carbocycles. The lowest BCUT2D eigenvalue weighted by molar-refractivity contribution is 1.17. The Labute approximate surface area is 97.9 Å². The fraction of sp³-hybridized carbons (Fsp3) is 0.0909. The summed E-state index contributed by atoms with van der Waals surface area (Å²) < 4.78 is 0. The molecule has 0 aliphatic heterocycles. The molecule has 4 heteroatoms. The number of hydrogen-bond acceptors (Lipinski definition) is 2. The molecule has 1 aromatic heterocycles. The van der Waals surface area contributed by atoms with Gasteiger partial charge in [-0.2, -0.15) is 0 Å². The molecule has 0 aliphatic rings. The Morgan fingerprint density at radius 2 is 1.73 bits per heavy atom. The molecule has 0 radical (unpaired) electrons. The molecular formula is C11H8Cl2N2. The van der Waals surface area contributed by atoms with Gasteiger partial charge >= 0.3 is 0 Å². The van der Waals surface area contributed by atoms with Crippen molar-refractivity contribution in [1.29, 1.82) is 0 Å². The van der Waals surface area contributed by atoms with Crippen LogP contribution in [-0.4, -0.2) is 9.97 Å². The Bertz CT molecular complexity index is 480. The molecule has 0 N–H and O–H groups in total. The van der Waals surface area contributed by atoms with Crippen LogP contribution in [0.4, 0.5) is 0 Å². The zero-order chi connectivity index (χ0) is 10.8. The van der Waals surface area contributed by atoms with E-state index in [1.54, 1.807) is 0 Å². The number of rotatable bonds is 1. The van der Waals surface area contributed by atoms with Crippen molar-refractivity contribution in [2.24, 2.45) is 0 Å². The SMILES string of the molecule is Cc1ccc(-c2ncc(Cl)c(Cl)n2)cc1. The van der Waals surface area contributed by atoms with E-state index >= 15 is 0 Å². The zero-order valence-electron chi connectivity index (χ0n) is 8.04. The summed E-state index contributed by atoms with van der Waals surface area (Å²) in [6.45, 7) is 2.03. The molecule has 76 valence electrons. The molecule has 0 aliphatic carbocycles. The van der Waals surface area contributed by atoms with Crippen molar-refractivity contribution in [3.63, 3.8) is 0 Å². The van der Waals surface area contributed by atoms with E-state index in [1.807, 2.05) is 31.2 Å². The zero-order valence-corrected chi connectivity index (χ0v) is 9.55. The minimum Gasteiger partial charge on any atom is -0.235 e. The molecule has 0 unspecified atom stereocenters. The van der Waals surface area contributed by atoms with E-state index < -0.39 is 0 Å². The smallest absolute Gasteiger partial charge is 0.160 e. The highest BCUT2D eigenvalue weighted by Crippen LogP contribution is 2.22. The van der Waals surface area contributed by atoms with Gasteiger partial charge in [-0.3, -0.25) is 0 Å². The van der Waals surface area contributed by atoms with E-state index in [0.717, 1.165) is 5.56 Å². The van der Waals surface area contributed by atoms with Crippen LogP contribution in [0.5, 0.6) is 0 Å². The van der Waals surface area contributed by atoms with Gasteiger partial charge in [0.2, 0.25) is 0 Å². The molecule has 0 spiro atoms. The van der Waals surface area contributed by atoms with E-state index in [-0.39, 0.29) is 5.15 Å². The van der Waals surface area contributed by atoms with Crippen LogP contribution in [0.1, 0.15) is 5.56 Å². The highest BCUT2D eigenvalue weighted by Gasteiger charge is 2.04. The van der Waals surface area contributed by atoms with Crippen molar-refractivity contribution in [3.8, 4) is 11.4 Å². The van der Waals surface area contributed by atoms with Crippen LogP contribution >= 0.6 is 23.2 Å². The molecule has 1 heterocycles. The lowest BCUT2D eigenvalue weighted by atomic mass is 10.1.